The fourth-order valence-corrected chi connectivity index (χ4v) is 2.90. The van der Waals surface area contributed by atoms with Gasteiger partial charge in [-0.05, 0) is 13.0 Å². The summed E-state index contributed by atoms with van der Waals surface area (Å²) in [5.41, 5.74) is 1.54. The largest absolute Gasteiger partial charge is 0.450 e. The molecule has 1 aromatic heterocycles. The van der Waals surface area contributed by atoms with Crippen molar-refractivity contribution < 1.29 is 14.5 Å². The predicted octanol–water partition coefficient (Wildman–Crippen LogP) is 2.94. The first-order valence-electron chi connectivity index (χ1n) is 8.47. The number of hydrogen-bond donors (Lipinski definition) is 0. The molecule has 0 N–H and O–H groups in total. The van der Waals surface area contributed by atoms with Crippen LogP contribution in [0.4, 0.5) is 16.3 Å². The maximum Gasteiger partial charge on any atom is 0.409 e. The molecule has 1 aromatic carbocycles. The molecule has 2 aromatic rings. The summed E-state index contributed by atoms with van der Waals surface area (Å²) in [6.45, 7) is 3.89. The van der Waals surface area contributed by atoms with Gasteiger partial charge >= 0.3 is 11.8 Å². The number of rotatable bonds is 4. The molecule has 8 nitrogen and oxygen atoms in total. The maximum atomic E-state index is 11.8. The topological polar surface area (TPSA) is 88.8 Å². The lowest BCUT2D eigenvalue weighted by molar-refractivity contribution is -0.384. The number of amides is 1. The molecule has 0 radical (unpaired) electrons. The van der Waals surface area contributed by atoms with Crippen LogP contribution in [0, 0.1) is 10.1 Å². The Morgan fingerprint density at radius 2 is 1.85 bits per heavy atom. The highest BCUT2D eigenvalue weighted by atomic mass is 16.6. The zero-order chi connectivity index (χ0) is 18.5. The summed E-state index contributed by atoms with van der Waals surface area (Å²) >= 11 is 0. The van der Waals surface area contributed by atoms with Crippen molar-refractivity contribution in [2.24, 2.45) is 0 Å². The number of nitro groups is 1. The summed E-state index contributed by atoms with van der Waals surface area (Å²) in [6, 6.07) is 12.7. The molecule has 26 heavy (non-hydrogen) atoms. The van der Waals surface area contributed by atoms with Crippen molar-refractivity contribution in [1.29, 1.82) is 0 Å². The van der Waals surface area contributed by atoms with Crippen LogP contribution < -0.4 is 4.90 Å². The molecule has 2 heterocycles. The van der Waals surface area contributed by atoms with E-state index in [1.165, 1.54) is 6.07 Å². The maximum absolute atomic E-state index is 11.8. The van der Waals surface area contributed by atoms with E-state index in [9.17, 15) is 14.9 Å². The minimum Gasteiger partial charge on any atom is -0.450 e. The van der Waals surface area contributed by atoms with Crippen LogP contribution in [0.2, 0.25) is 0 Å². The summed E-state index contributed by atoms with van der Waals surface area (Å²) in [4.78, 5) is 30.8. The van der Waals surface area contributed by atoms with Crippen molar-refractivity contribution in [3.63, 3.8) is 0 Å². The van der Waals surface area contributed by atoms with E-state index in [-0.39, 0.29) is 11.8 Å². The molecule has 0 spiro atoms. The lowest BCUT2D eigenvalue weighted by Gasteiger charge is -2.34. The molecular formula is C18H20N4O4. The van der Waals surface area contributed by atoms with Crippen LogP contribution in [0.1, 0.15) is 6.92 Å². The third-order valence-electron chi connectivity index (χ3n) is 4.23. The predicted molar refractivity (Wildman–Crippen MR) is 97.1 cm³/mol. The van der Waals surface area contributed by atoms with Crippen molar-refractivity contribution in [2.75, 3.05) is 37.7 Å². The third-order valence-corrected chi connectivity index (χ3v) is 4.23. The number of carbonyl (C=O) groups is 1. The van der Waals surface area contributed by atoms with Gasteiger partial charge in [0.15, 0.2) is 0 Å². The number of aromatic nitrogens is 1. The first-order chi connectivity index (χ1) is 12.6. The first kappa shape index (κ1) is 17.7. The van der Waals surface area contributed by atoms with Crippen LogP contribution in [-0.4, -0.2) is 53.7 Å². The summed E-state index contributed by atoms with van der Waals surface area (Å²) in [5, 5.41) is 11.4. The van der Waals surface area contributed by atoms with Crippen LogP contribution in [0.15, 0.2) is 42.5 Å². The van der Waals surface area contributed by atoms with E-state index < -0.39 is 4.92 Å². The highest BCUT2D eigenvalue weighted by Gasteiger charge is 2.28. The SMILES string of the molecule is CCOC(=O)N1CCN(c2nc(-c3ccccc3)ccc2[N+](=O)[O-])CC1. The second-order valence-corrected chi connectivity index (χ2v) is 5.84. The number of nitrogens with zero attached hydrogens (tertiary/aromatic N) is 4. The Morgan fingerprint density at radius 1 is 1.15 bits per heavy atom. The Bertz CT molecular complexity index is 789. The van der Waals surface area contributed by atoms with Gasteiger partial charge in [0, 0.05) is 37.8 Å². The van der Waals surface area contributed by atoms with E-state index in [4.69, 9.17) is 4.74 Å². The van der Waals surface area contributed by atoms with Gasteiger partial charge in [0.2, 0.25) is 5.82 Å². The molecule has 0 saturated carbocycles. The number of benzene rings is 1. The summed E-state index contributed by atoms with van der Waals surface area (Å²) < 4.78 is 5.01. The molecule has 3 rings (SSSR count). The third kappa shape index (κ3) is 3.74. The van der Waals surface area contributed by atoms with Gasteiger partial charge in [-0.3, -0.25) is 10.1 Å². The van der Waals surface area contributed by atoms with Gasteiger partial charge in [0.05, 0.1) is 17.2 Å². The van der Waals surface area contributed by atoms with Crippen LogP contribution in [0.3, 0.4) is 0 Å². The Hall–Kier alpha value is -3.16. The van der Waals surface area contributed by atoms with Gasteiger partial charge in [0.1, 0.15) is 0 Å². The number of hydrogen-bond acceptors (Lipinski definition) is 6. The average molecular weight is 356 g/mol. The normalized spacial score (nSPS) is 14.2. The molecule has 0 atom stereocenters. The Balaban J connectivity index is 1.84. The summed E-state index contributed by atoms with van der Waals surface area (Å²) in [6.07, 6.45) is -0.354. The fourth-order valence-electron chi connectivity index (χ4n) is 2.90. The molecule has 0 aliphatic carbocycles. The van der Waals surface area contributed by atoms with Crippen molar-refractivity contribution in [3.05, 3.63) is 52.6 Å². The Kier molecular flexibility index (Phi) is 5.31. The molecule has 8 heteroatoms. The molecule has 1 aliphatic rings. The van der Waals surface area contributed by atoms with Crippen LogP contribution in [0.25, 0.3) is 11.3 Å². The second kappa shape index (κ2) is 7.81. The Labute approximate surface area is 151 Å². The van der Waals surface area contributed by atoms with Gasteiger partial charge in [-0.2, -0.15) is 0 Å². The average Bonchev–Trinajstić information content (AvgIpc) is 2.68. The highest BCUT2D eigenvalue weighted by molar-refractivity contribution is 5.70. The van der Waals surface area contributed by atoms with Crippen LogP contribution in [0.5, 0.6) is 0 Å². The van der Waals surface area contributed by atoms with E-state index in [0.717, 1.165) is 5.56 Å². The number of piperazine rings is 1. The minimum atomic E-state index is -0.422. The quantitative estimate of drug-likeness (QED) is 0.618. The van der Waals surface area contributed by atoms with Gasteiger partial charge in [-0.1, -0.05) is 30.3 Å². The standard InChI is InChI=1S/C18H20N4O4/c1-2-26-18(23)21-12-10-20(11-13-21)17-16(22(24)25)9-8-15(19-17)14-6-4-3-5-7-14/h3-9H,2,10-13H2,1H3. The van der Waals surface area contributed by atoms with Crippen molar-refractivity contribution in [2.45, 2.75) is 6.92 Å². The number of carbonyl (C=O) groups excluding carboxylic acids is 1. The van der Waals surface area contributed by atoms with Gasteiger partial charge in [-0.25, -0.2) is 9.78 Å². The monoisotopic (exact) mass is 356 g/mol. The van der Waals surface area contributed by atoms with Crippen LogP contribution in [-0.2, 0) is 4.74 Å². The fraction of sp³-hybridized carbons (Fsp3) is 0.333. The number of anilines is 1. The first-order valence-corrected chi connectivity index (χ1v) is 8.47. The summed E-state index contributed by atoms with van der Waals surface area (Å²) in [7, 11) is 0. The van der Waals surface area contributed by atoms with Gasteiger partial charge in [0.25, 0.3) is 0 Å². The molecule has 1 saturated heterocycles. The highest BCUT2D eigenvalue weighted by Crippen LogP contribution is 2.30. The van der Waals surface area contributed by atoms with Crippen molar-refractivity contribution >= 4 is 17.6 Å². The van der Waals surface area contributed by atoms with Crippen LogP contribution >= 0.6 is 0 Å². The number of ether oxygens (including phenoxy) is 1. The van der Waals surface area contributed by atoms with E-state index in [1.807, 2.05) is 35.2 Å². The molecule has 1 fully saturated rings. The smallest absolute Gasteiger partial charge is 0.409 e. The Morgan fingerprint density at radius 3 is 2.46 bits per heavy atom. The second-order valence-electron chi connectivity index (χ2n) is 5.84. The lowest BCUT2D eigenvalue weighted by atomic mass is 10.1. The van der Waals surface area contributed by atoms with Crippen molar-refractivity contribution in [3.8, 4) is 11.3 Å². The molecular weight excluding hydrogens is 336 g/mol. The molecule has 0 bridgehead atoms. The van der Waals surface area contributed by atoms with E-state index in [0.29, 0.717) is 44.3 Å². The molecule has 1 amide bonds. The summed E-state index contributed by atoms with van der Waals surface area (Å²) in [5.74, 6) is 0.333. The van der Waals surface area contributed by atoms with E-state index >= 15 is 0 Å². The van der Waals surface area contributed by atoms with Gasteiger partial charge < -0.3 is 14.5 Å². The zero-order valence-corrected chi connectivity index (χ0v) is 14.5. The molecule has 136 valence electrons. The molecule has 0 unspecified atom stereocenters. The lowest BCUT2D eigenvalue weighted by Crippen LogP contribution is -2.49. The van der Waals surface area contributed by atoms with E-state index in [2.05, 4.69) is 4.98 Å². The van der Waals surface area contributed by atoms with Gasteiger partial charge in [-0.15, -0.1) is 0 Å². The van der Waals surface area contributed by atoms with Crippen molar-refractivity contribution in [1.82, 2.24) is 9.88 Å². The van der Waals surface area contributed by atoms with E-state index in [1.54, 1.807) is 17.9 Å². The zero-order valence-electron chi connectivity index (χ0n) is 14.5. The minimum absolute atomic E-state index is 0.0331. The molecule has 1 aliphatic heterocycles. The number of pyridine rings is 1.